The van der Waals surface area contributed by atoms with Crippen molar-refractivity contribution in [3.05, 3.63) is 53.1 Å². The van der Waals surface area contributed by atoms with Gasteiger partial charge >= 0.3 is 0 Å². The molecule has 0 aliphatic carbocycles. The average molecular weight is 444 g/mol. The van der Waals surface area contributed by atoms with Gasteiger partial charge in [-0.1, -0.05) is 19.9 Å². The Morgan fingerprint density at radius 1 is 1.10 bits per heavy atom. The Labute approximate surface area is 184 Å². The fraction of sp³-hybridized carbons (Fsp3) is 0.391. The first kappa shape index (κ1) is 23.0. The third-order valence-electron chi connectivity index (χ3n) is 5.63. The molecule has 1 aliphatic rings. The van der Waals surface area contributed by atoms with E-state index in [0.717, 1.165) is 24.1 Å². The number of fused-ring (bicyclic) bond motifs is 1. The molecule has 0 aromatic heterocycles. The van der Waals surface area contributed by atoms with Crippen LogP contribution >= 0.6 is 0 Å². The number of nitrogens with zero attached hydrogens (tertiary/aromatic N) is 2. The molecule has 0 saturated heterocycles. The van der Waals surface area contributed by atoms with Crippen LogP contribution in [0.2, 0.25) is 0 Å². The van der Waals surface area contributed by atoms with Crippen molar-refractivity contribution in [3.63, 3.8) is 0 Å². The highest BCUT2D eigenvalue weighted by Gasteiger charge is 2.24. The third kappa shape index (κ3) is 4.65. The molecule has 3 rings (SSSR count). The summed E-state index contributed by atoms with van der Waals surface area (Å²) in [5, 5.41) is 2.88. The molecular weight excluding hydrogens is 414 g/mol. The Bertz CT molecular complexity index is 1110. The average Bonchev–Trinajstić information content (AvgIpc) is 2.73. The summed E-state index contributed by atoms with van der Waals surface area (Å²) < 4.78 is 27.1. The van der Waals surface area contributed by atoms with Crippen LogP contribution in [-0.2, 0) is 21.2 Å². The standard InChI is InChI=1S/C23H29N3O4S/c1-5-25(6-2)31(29,30)20-11-9-16(3)21(15-20)23(28)24-19-10-12-22-18(14-19)8-7-13-26(22)17(4)27/h9-12,14-15H,5-8,13H2,1-4H3,(H,24,28). The number of sulfonamides is 1. The molecule has 1 aliphatic heterocycles. The van der Waals surface area contributed by atoms with Crippen LogP contribution in [0.4, 0.5) is 11.4 Å². The molecule has 0 spiro atoms. The molecular formula is C23H29N3O4S. The van der Waals surface area contributed by atoms with E-state index >= 15 is 0 Å². The van der Waals surface area contributed by atoms with Crippen LogP contribution in [0.3, 0.4) is 0 Å². The van der Waals surface area contributed by atoms with Gasteiger partial charge in [0, 0.05) is 43.5 Å². The molecule has 2 aromatic carbocycles. The van der Waals surface area contributed by atoms with Crippen LogP contribution in [0.1, 0.15) is 48.7 Å². The largest absolute Gasteiger partial charge is 0.322 e. The van der Waals surface area contributed by atoms with Gasteiger partial charge in [-0.3, -0.25) is 9.59 Å². The second kappa shape index (κ2) is 9.20. The molecule has 8 heteroatoms. The number of nitrogens with one attached hydrogen (secondary N) is 1. The van der Waals surface area contributed by atoms with Gasteiger partial charge in [-0.25, -0.2) is 8.42 Å². The Balaban J connectivity index is 1.88. The summed E-state index contributed by atoms with van der Waals surface area (Å²) in [6, 6.07) is 10.1. The lowest BCUT2D eigenvalue weighted by Crippen LogP contribution is -2.33. The molecule has 2 amide bonds. The minimum atomic E-state index is -3.66. The van der Waals surface area contributed by atoms with Crippen LogP contribution in [0.5, 0.6) is 0 Å². The Morgan fingerprint density at radius 2 is 1.81 bits per heavy atom. The molecule has 0 atom stereocenters. The predicted octanol–water partition coefficient (Wildman–Crippen LogP) is 3.58. The summed E-state index contributed by atoms with van der Waals surface area (Å²) in [5.41, 5.74) is 3.51. The van der Waals surface area contributed by atoms with Gasteiger partial charge in [0.2, 0.25) is 15.9 Å². The van der Waals surface area contributed by atoms with Crippen molar-refractivity contribution in [2.45, 2.75) is 45.4 Å². The summed E-state index contributed by atoms with van der Waals surface area (Å²) >= 11 is 0. The fourth-order valence-corrected chi connectivity index (χ4v) is 5.40. The Morgan fingerprint density at radius 3 is 2.45 bits per heavy atom. The van der Waals surface area contributed by atoms with Crippen molar-refractivity contribution in [2.24, 2.45) is 0 Å². The normalized spacial score (nSPS) is 13.8. The summed E-state index contributed by atoms with van der Waals surface area (Å²) in [7, 11) is -3.66. The topological polar surface area (TPSA) is 86.8 Å². The van der Waals surface area contributed by atoms with Crippen LogP contribution in [0.25, 0.3) is 0 Å². The maximum Gasteiger partial charge on any atom is 0.255 e. The SMILES string of the molecule is CCN(CC)S(=O)(=O)c1ccc(C)c(C(=O)Nc2ccc3c(c2)CCCN3C(C)=O)c1. The number of aryl methyl sites for hydroxylation is 2. The molecule has 0 radical (unpaired) electrons. The molecule has 0 fully saturated rings. The number of carbonyl (C=O) groups is 2. The van der Waals surface area contributed by atoms with E-state index in [1.54, 1.807) is 44.7 Å². The Hall–Kier alpha value is -2.71. The van der Waals surface area contributed by atoms with E-state index in [0.29, 0.717) is 36.4 Å². The molecule has 0 unspecified atom stereocenters. The van der Waals surface area contributed by atoms with E-state index < -0.39 is 10.0 Å². The molecule has 31 heavy (non-hydrogen) atoms. The lowest BCUT2D eigenvalue weighted by molar-refractivity contribution is -0.116. The molecule has 0 bridgehead atoms. The zero-order valence-corrected chi connectivity index (χ0v) is 19.3. The van der Waals surface area contributed by atoms with Crippen molar-refractivity contribution in [1.29, 1.82) is 0 Å². The number of carbonyl (C=O) groups excluding carboxylic acids is 2. The van der Waals surface area contributed by atoms with Gasteiger partial charge in [0.15, 0.2) is 0 Å². The van der Waals surface area contributed by atoms with Crippen molar-refractivity contribution in [3.8, 4) is 0 Å². The van der Waals surface area contributed by atoms with Gasteiger partial charge < -0.3 is 10.2 Å². The maximum atomic E-state index is 13.0. The smallest absolute Gasteiger partial charge is 0.255 e. The van der Waals surface area contributed by atoms with Crippen molar-refractivity contribution < 1.29 is 18.0 Å². The van der Waals surface area contributed by atoms with Gasteiger partial charge in [-0.2, -0.15) is 4.31 Å². The molecule has 166 valence electrons. The molecule has 1 heterocycles. The van der Waals surface area contributed by atoms with E-state index in [2.05, 4.69) is 5.32 Å². The van der Waals surface area contributed by atoms with E-state index in [4.69, 9.17) is 0 Å². The minimum Gasteiger partial charge on any atom is -0.322 e. The summed E-state index contributed by atoms with van der Waals surface area (Å²) in [6.07, 6.45) is 1.70. The number of hydrogen-bond donors (Lipinski definition) is 1. The van der Waals surface area contributed by atoms with Crippen LogP contribution in [0.15, 0.2) is 41.3 Å². The maximum absolute atomic E-state index is 13.0. The minimum absolute atomic E-state index is 0.000382. The van der Waals surface area contributed by atoms with Crippen LogP contribution in [0, 0.1) is 6.92 Å². The van der Waals surface area contributed by atoms with Gasteiger partial charge in [0.1, 0.15) is 0 Å². The zero-order chi connectivity index (χ0) is 22.8. The summed E-state index contributed by atoms with van der Waals surface area (Å²) in [4.78, 5) is 26.7. The lowest BCUT2D eigenvalue weighted by atomic mass is 10.0. The quantitative estimate of drug-likeness (QED) is 0.739. The van der Waals surface area contributed by atoms with Crippen molar-refractivity contribution in [1.82, 2.24) is 4.31 Å². The van der Waals surface area contributed by atoms with Crippen LogP contribution in [-0.4, -0.2) is 44.2 Å². The second-order valence-corrected chi connectivity index (χ2v) is 9.58. The second-order valence-electron chi connectivity index (χ2n) is 7.64. The number of anilines is 2. The van der Waals surface area contributed by atoms with Crippen LogP contribution < -0.4 is 10.2 Å². The van der Waals surface area contributed by atoms with E-state index in [1.165, 1.54) is 16.4 Å². The van der Waals surface area contributed by atoms with E-state index in [1.807, 2.05) is 12.1 Å². The summed E-state index contributed by atoms with van der Waals surface area (Å²) in [6.45, 7) is 8.31. The van der Waals surface area contributed by atoms with E-state index in [9.17, 15) is 18.0 Å². The first-order valence-electron chi connectivity index (χ1n) is 10.5. The first-order valence-corrected chi connectivity index (χ1v) is 12.0. The zero-order valence-electron chi connectivity index (χ0n) is 18.4. The Kier molecular flexibility index (Phi) is 6.81. The molecule has 0 saturated carbocycles. The number of rotatable bonds is 6. The predicted molar refractivity (Wildman–Crippen MR) is 122 cm³/mol. The van der Waals surface area contributed by atoms with Gasteiger partial charge in [0.05, 0.1) is 4.90 Å². The fourth-order valence-electron chi connectivity index (χ4n) is 3.92. The van der Waals surface area contributed by atoms with E-state index in [-0.39, 0.29) is 16.7 Å². The number of hydrogen-bond acceptors (Lipinski definition) is 4. The number of benzene rings is 2. The highest BCUT2D eigenvalue weighted by atomic mass is 32.2. The highest BCUT2D eigenvalue weighted by Crippen LogP contribution is 2.30. The van der Waals surface area contributed by atoms with Gasteiger partial charge in [-0.05, 0) is 61.2 Å². The molecule has 1 N–H and O–H groups in total. The monoisotopic (exact) mass is 443 g/mol. The number of amides is 2. The first-order chi connectivity index (χ1) is 14.7. The summed E-state index contributed by atoms with van der Waals surface area (Å²) in [5.74, 6) is -0.368. The van der Waals surface area contributed by atoms with Crippen molar-refractivity contribution in [2.75, 3.05) is 29.9 Å². The van der Waals surface area contributed by atoms with Gasteiger partial charge in [-0.15, -0.1) is 0 Å². The molecule has 2 aromatic rings. The lowest BCUT2D eigenvalue weighted by Gasteiger charge is -2.29. The van der Waals surface area contributed by atoms with Crippen molar-refractivity contribution >= 4 is 33.2 Å². The highest BCUT2D eigenvalue weighted by molar-refractivity contribution is 7.89. The van der Waals surface area contributed by atoms with Gasteiger partial charge in [0.25, 0.3) is 5.91 Å². The third-order valence-corrected chi connectivity index (χ3v) is 7.68. The molecule has 7 nitrogen and oxygen atoms in total.